The molecule has 0 spiro atoms. The second-order valence-electron chi connectivity index (χ2n) is 6.05. The smallest absolute Gasteiger partial charge is 0.161 e. The van der Waals surface area contributed by atoms with E-state index >= 15 is 0 Å². The first-order chi connectivity index (χ1) is 9.88. The van der Waals surface area contributed by atoms with E-state index in [0.29, 0.717) is 5.02 Å². The summed E-state index contributed by atoms with van der Waals surface area (Å²) in [4.78, 5) is 12.4. The van der Waals surface area contributed by atoms with Crippen LogP contribution in [0.25, 0.3) is 5.57 Å². The van der Waals surface area contributed by atoms with E-state index in [2.05, 4.69) is 0 Å². The maximum absolute atomic E-state index is 12.4. The number of allylic oxidation sites excluding steroid dienone is 1. The molecule has 108 valence electrons. The van der Waals surface area contributed by atoms with Gasteiger partial charge in [-0.1, -0.05) is 74.8 Å². The first kappa shape index (κ1) is 15.5. The van der Waals surface area contributed by atoms with E-state index in [1.807, 2.05) is 75.4 Å². The highest BCUT2D eigenvalue weighted by Gasteiger charge is 2.20. The molecule has 0 unspecified atom stereocenters. The molecule has 0 fully saturated rings. The second-order valence-corrected chi connectivity index (χ2v) is 6.48. The molecule has 0 amide bonds. The molecule has 0 radical (unpaired) electrons. The van der Waals surface area contributed by atoms with Crippen LogP contribution < -0.4 is 0 Å². The molecule has 0 N–H and O–H groups in total. The number of benzene rings is 2. The lowest BCUT2D eigenvalue weighted by molar-refractivity contribution is -0.121. The molecule has 0 aromatic heterocycles. The molecular weight excluding hydrogens is 280 g/mol. The predicted molar refractivity (Wildman–Crippen MR) is 89.4 cm³/mol. The molecule has 21 heavy (non-hydrogen) atoms. The lowest BCUT2D eigenvalue weighted by Crippen LogP contribution is -2.18. The van der Waals surface area contributed by atoms with Crippen LogP contribution in [0.5, 0.6) is 0 Å². The zero-order valence-corrected chi connectivity index (χ0v) is 13.3. The molecule has 0 heterocycles. The number of rotatable bonds is 3. The zero-order chi connectivity index (χ0) is 15.5. The van der Waals surface area contributed by atoms with Crippen molar-refractivity contribution in [2.24, 2.45) is 5.41 Å². The Labute approximate surface area is 131 Å². The lowest BCUT2D eigenvalue weighted by Gasteiger charge is -2.16. The summed E-state index contributed by atoms with van der Waals surface area (Å²) in [7, 11) is 0. The first-order valence-corrected chi connectivity index (χ1v) is 7.33. The summed E-state index contributed by atoms with van der Waals surface area (Å²) in [5, 5.41) is 0.688. The fourth-order valence-electron chi connectivity index (χ4n) is 1.93. The molecule has 2 aromatic rings. The van der Waals surface area contributed by atoms with Crippen molar-refractivity contribution in [1.82, 2.24) is 0 Å². The minimum atomic E-state index is -0.396. The van der Waals surface area contributed by atoms with Gasteiger partial charge >= 0.3 is 0 Å². The summed E-state index contributed by atoms with van der Waals surface area (Å²) < 4.78 is 0. The second kappa shape index (κ2) is 6.28. The van der Waals surface area contributed by atoms with Gasteiger partial charge in [-0.05, 0) is 34.9 Å². The summed E-state index contributed by atoms with van der Waals surface area (Å²) in [6, 6.07) is 17.5. The third-order valence-electron chi connectivity index (χ3n) is 3.25. The van der Waals surface area contributed by atoms with Crippen LogP contribution in [0.2, 0.25) is 5.02 Å². The average molecular weight is 299 g/mol. The van der Waals surface area contributed by atoms with E-state index < -0.39 is 5.41 Å². The molecule has 0 aliphatic heterocycles. The number of carbonyl (C=O) groups is 1. The van der Waals surface area contributed by atoms with Crippen molar-refractivity contribution in [3.8, 4) is 0 Å². The van der Waals surface area contributed by atoms with Crippen LogP contribution in [-0.4, -0.2) is 5.78 Å². The quantitative estimate of drug-likeness (QED) is 0.695. The predicted octanol–water partition coefficient (Wildman–Crippen LogP) is 5.39. The normalized spacial score (nSPS) is 12.3. The Balaban J connectivity index is 2.53. The fraction of sp³-hybridized carbons (Fsp3) is 0.211. The molecule has 0 saturated heterocycles. The van der Waals surface area contributed by atoms with Gasteiger partial charge in [-0.25, -0.2) is 0 Å². The maximum atomic E-state index is 12.4. The SMILES string of the molecule is CC(C)(C)C(=O)/C=C(/c1ccccc1)c1ccc(Cl)cc1. The summed E-state index contributed by atoms with van der Waals surface area (Å²) in [6.45, 7) is 5.78. The van der Waals surface area contributed by atoms with Gasteiger partial charge < -0.3 is 0 Å². The van der Waals surface area contributed by atoms with Crippen molar-refractivity contribution in [3.63, 3.8) is 0 Å². The van der Waals surface area contributed by atoms with Crippen molar-refractivity contribution in [1.29, 1.82) is 0 Å². The molecule has 2 rings (SSSR count). The van der Waals surface area contributed by atoms with Crippen LogP contribution in [0, 0.1) is 5.41 Å². The van der Waals surface area contributed by atoms with E-state index in [1.54, 1.807) is 6.08 Å². The van der Waals surface area contributed by atoms with Crippen LogP contribution >= 0.6 is 11.6 Å². The molecular formula is C19H19ClO. The molecule has 2 heteroatoms. The van der Waals surface area contributed by atoms with Gasteiger partial charge in [0.1, 0.15) is 0 Å². The van der Waals surface area contributed by atoms with Crippen molar-refractivity contribution in [2.45, 2.75) is 20.8 Å². The van der Waals surface area contributed by atoms with Gasteiger partial charge in [0.05, 0.1) is 0 Å². The first-order valence-electron chi connectivity index (χ1n) is 6.95. The van der Waals surface area contributed by atoms with Crippen LogP contribution in [0.3, 0.4) is 0 Å². The van der Waals surface area contributed by atoms with Gasteiger partial charge in [-0.3, -0.25) is 4.79 Å². The average Bonchev–Trinajstić information content (AvgIpc) is 2.45. The molecule has 1 nitrogen and oxygen atoms in total. The number of ketones is 1. The summed E-state index contributed by atoms with van der Waals surface area (Å²) >= 11 is 5.95. The third kappa shape index (κ3) is 4.05. The molecule has 0 atom stereocenters. The Morgan fingerprint density at radius 2 is 1.43 bits per heavy atom. The molecule has 2 aromatic carbocycles. The van der Waals surface area contributed by atoms with Crippen LogP contribution in [0.15, 0.2) is 60.7 Å². The summed E-state index contributed by atoms with van der Waals surface area (Å²) in [5.41, 5.74) is 2.54. The number of hydrogen-bond acceptors (Lipinski definition) is 1. The summed E-state index contributed by atoms with van der Waals surface area (Å²) in [5.74, 6) is 0.108. The Bertz CT molecular complexity index is 646. The van der Waals surface area contributed by atoms with Crippen molar-refractivity contribution in [3.05, 3.63) is 76.8 Å². The Morgan fingerprint density at radius 3 is 1.95 bits per heavy atom. The highest BCUT2D eigenvalue weighted by atomic mass is 35.5. The Morgan fingerprint density at radius 1 is 0.905 bits per heavy atom. The molecule has 0 aliphatic carbocycles. The van der Waals surface area contributed by atoms with Crippen molar-refractivity contribution in [2.75, 3.05) is 0 Å². The van der Waals surface area contributed by atoms with Crippen LogP contribution in [0.1, 0.15) is 31.9 Å². The number of hydrogen-bond donors (Lipinski definition) is 0. The maximum Gasteiger partial charge on any atom is 0.161 e. The van der Waals surface area contributed by atoms with E-state index in [0.717, 1.165) is 16.7 Å². The number of halogens is 1. The number of carbonyl (C=O) groups excluding carboxylic acids is 1. The van der Waals surface area contributed by atoms with Gasteiger partial charge in [0.15, 0.2) is 5.78 Å². The monoisotopic (exact) mass is 298 g/mol. The minimum absolute atomic E-state index is 0.108. The van der Waals surface area contributed by atoms with Crippen LogP contribution in [0.4, 0.5) is 0 Å². The van der Waals surface area contributed by atoms with E-state index in [-0.39, 0.29) is 5.78 Å². The van der Waals surface area contributed by atoms with Crippen LogP contribution in [-0.2, 0) is 4.79 Å². The highest BCUT2D eigenvalue weighted by Crippen LogP contribution is 2.27. The van der Waals surface area contributed by atoms with E-state index in [1.165, 1.54) is 0 Å². The van der Waals surface area contributed by atoms with Crippen molar-refractivity contribution < 1.29 is 4.79 Å². The lowest BCUT2D eigenvalue weighted by atomic mass is 9.87. The third-order valence-corrected chi connectivity index (χ3v) is 3.51. The van der Waals surface area contributed by atoms with Gasteiger partial charge in [-0.15, -0.1) is 0 Å². The molecule has 0 aliphatic rings. The van der Waals surface area contributed by atoms with Gasteiger partial charge in [0.25, 0.3) is 0 Å². The van der Waals surface area contributed by atoms with E-state index in [4.69, 9.17) is 11.6 Å². The zero-order valence-electron chi connectivity index (χ0n) is 12.6. The molecule has 0 bridgehead atoms. The standard InChI is InChI=1S/C19H19ClO/c1-19(2,3)18(21)13-17(14-7-5-4-6-8-14)15-9-11-16(20)12-10-15/h4-13H,1-3H3/b17-13-. The minimum Gasteiger partial charge on any atom is -0.294 e. The Hall–Kier alpha value is -1.86. The largest absolute Gasteiger partial charge is 0.294 e. The molecule has 0 saturated carbocycles. The van der Waals surface area contributed by atoms with Gasteiger partial charge in [0, 0.05) is 10.4 Å². The fourth-order valence-corrected chi connectivity index (χ4v) is 2.05. The highest BCUT2D eigenvalue weighted by molar-refractivity contribution is 6.30. The van der Waals surface area contributed by atoms with Gasteiger partial charge in [-0.2, -0.15) is 0 Å². The van der Waals surface area contributed by atoms with Crippen molar-refractivity contribution >= 4 is 23.0 Å². The Kier molecular flexibility index (Phi) is 4.64. The van der Waals surface area contributed by atoms with Gasteiger partial charge in [0.2, 0.25) is 0 Å². The topological polar surface area (TPSA) is 17.1 Å². The summed E-state index contributed by atoms with van der Waals surface area (Å²) in [6.07, 6.45) is 1.73. The van der Waals surface area contributed by atoms with E-state index in [9.17, 15) is 4.79 Å².